The van der Waals surface area contributed by atoms with Crippen molar-refractivity contribution in [3.8, 4) is 0 Å². The van der Waals surface area contributed by atoms with E-state index in [4.69, 9.17) is 0 Å². The van der Waals surface area contributed by atoms with Crippen molar-refractivity contribution in [1.29, 1.82) is 0 Å². The third-order valence-electron chi connectivity index (χ3n) is 5.23. The molecule has 0 spiro atoms. The van der Waals surface area contributed by atoms with E-state index in [1.165, 1.54) is 6.92 Å². The Morgan fingerprint density at radius 1 is 1.35 bits per heavy atom. The summed E-state index contributed by atoms with van der Waals surface area (Å²) in [6.45, 7) is 3.33. The molecule has 1 aromatic heterocycles. The second kappa shape index (κ2) is 6.51. The standard InChI is InChI=1S/C18H22N4O3S/c1-13(23)22-8-6-15-10-16(3-4-17(15)22)26(24,25)20-11-14-2-5-18-19-7-9-21(18)12-14/h3-4,7,9-10,14,20H,2,5-6,8,11-12H2,1H3/t14-/m0/s1. The van der Waals surface area contributed by atoms with E-state index < -0.39 is 10.0 Å². The predicted octanol–water partition coefficient (Wildman–Crippen LogP) is 1.33. The van der Waals surface area contributed by atoms with Gasteiger partial charge in [-0.3, -0.25) is 4.79 Å². The Hall–Kier alpha value is -2.19. The molecule has 0 saturated heterocycles. The maximum atomic E-state index is 12.7. The van der Waals surface area contributed by atoms with Crippen LogP contribution in [0.1, 0.15) is 24.7 Å². The Kier molecular flexibility index (Phi) is 4.32. The van der Waals surface area contributed by atoms with Gasteiger partial charge in [-0.2, -0.15) is 0 Å². The zero-order valence-corrected chi connectivity index (χ0v) is 15.5. The number of rotatable bonds is 4. The lowest BCUT2D eigenvalue weighted by molar-refractivity contribution is -0.116. The van der Waals surface area contributed by atoms with Crippen LogP contribution in [0.3, 0.4) is 0 Å². The van der Waals surface area contributed by atoms with E-state index in [-0.39, 0.29) is 16.7 Å². The molecule has 2 aliphatic heterocycles. The topological polar surface area (TPSA) is 84.3 Å². The SMILES string of the molecule is CC(=O)N1CCc2cc(S(=O)(=O)NC[C@@H]3CCc4nccn4C3)ccc21. The first-order valence-electron chi connectivity index (χ1n) is 8.85. The molecule has 2 aromatic rings. The normalized spacial score (nSPS) is 19.3. The van der Waals surface area contributed by atoms with Crippen molar-refractivity contribution in [3.05, 3.63) is 42.0 Å². The number of nitrogens with zero attached hydrogens (tertiary/aromatic N) is 3. The number of carbonyl (C=O) groups is 1. The highest BCUT2D eigenvalue weighted by Crippen LogP contribution is 2.30. The number of hydrogen-bond donors (Lipinski definition) is 1. The van der Waals surface area contributed by atoms with E-state index in [0.717, 1.165) is 36.5 Å². The fraction of sp³-hybridized carbons (Fsp3) is 0.444. The van der Waals surface area contributed by atoms with Crippen LogP contribution in [0.4, 0.5) is 5.69 Å². The fourth-order valence-electron chi connectivity index (χ4n) is 3.79. The minimum absolute atomic E-state index is 0.0198. The number of amides is 1. The Morgan fingerprint density at radius 2 is 2.19 bits per heavy atom. The van der Waals surface area contributed by atoms with E-state index in [2.05, 4.69) is 14.3 Å². The summed E-state index contributed by atoms with van der Waals surface area (Å²) in [5.41, 5.74) is 1.72. The van der Waals surface area contributed by atoms with Gasteiger partial charge in [-0.05, 0) is 42.5 Å². The van der Waals surface area contributed by atoms with Gasteiger partial charge in [-0.15, -0.1) is 0 Å². The summed E-state index contributed by atoms with van der Waals surface area (Å²) in [5.74, 6) is 1.31. The van der Waals surface area contributed by atoms with Gasteiger partial charge in [-0.1, -0.05) is 0 Å². The van der Waals surface area contributed by atoms with Gasteiger partial charge in [0.25, 0.3) is 0 Å². The number of aromatic nitrogens is 2. The van der Waals surface area contributed by atoms with Crippen molar-refractivity contribution in [2.24, 2.45) is 5.92 Å². The molecule has 2 aliphatic rings. The average molecular weight is 374 g/mol. The molecule has 0 saturated carbocycles. The van der Waals surface area contributed by atoms with Gasteiger partial charge in [0.2, 0.25) is 15.9 Å². The van der Waals surface area contributed by atoms with Crippen LogP contribution in [0.2, 0.25) is 0 Å². The Bertz CT molecular complexity index is 951. The average Bonchev–Trinajstić information content (AvgIpc) is 3.25. The number of carbonyl (C=O) groups excluding carboxylic acids is 1. The third kappa shape index (κ3) is 3.14. The summed E-state index contributed by atoms with van der Waals surface area (Å²) >= 11 is 0. The van der Waals surface area contributed by atoms with E-state index in [0.29, 0.717) is 19.5 Å². The number of imidazole rings is 1. The lowest BCUT2D eigenvalue weighted by atomic mass is 10.00. The molecule has 4 rings (SSSR count). The summed E-state index contributed by atoms with van der Waals surface area (Å²) in [6.07, 6.45) is 6.22. The fourth-order valence-corrected chi connectivity index (χ4v) is 4.95. The largest absolute Gasteiger partial charge is 0.335 e. The molecule has 0 aliphatic carbocycles. The molecular formula is C18H22N4O3S. The van der Waals surface area contributed by atoms with Crippen LogP contribution in [-0.4, -0.2) is 37.0 Å². The lowest BCUT2D eigenvalue weighted by Crippen LogP contribution is -2.33. The van der Waals surface area contributed by atoms with Crippen LogP contribution in [0, 0.1) is 5.92 Å². The molecule has 138 valence electrons. The minimum Gasteiger partial charge on any atom is -0.335 e. The van der Waals surface area contributed by atoms with Crippen LogP contribution in [0.15, 0.2) is 35.5 Å². The highest BCUT2D eigenvalue weighted by atomic mass is 32.2. The van der Waals surface area contributed by atoms with E-state index in [1.807, 2.05) is 6.20 Å². The van der Waals surface area contributed by atoms with Gasteiger partial charge in [0.15, 0.2) is 0 Å². The van der Waals surface area contributed by atoms with E-state index in [9.17, 15) is 13.2 Å². The molecule has 1 amide bonds. The van der Waals surface area contributed by atoms with Crippen LogP contribution >= 0.6 is 0 Å². The van der Waals surface area contributed by atoms with Crippen LogP contribution in [0.25, 0.3) is 0 Å². The second-order valence-corrected chi connectivity index (χ2v) is 8.73. The van der Waals surface area contributed by atoms with Gasteiger partial charge in [0.05, 0.1) is 4.90 Å². The Labute approximate surface area is 153 Å². The molecule has 0 unspecified atom stereocenters. The van der Waals surface area contributed by atoms with Crippen molar-refractivity contribution in [2.75, 3.05) is 18.0 Å². The van der Waals surface area contributed by atoms with E-state index >= 15 is 0 Å². The molecular weight excluding hydrogens is 352 g/mol. The molecule has 26 heavy (non-hydrogen) atoms. The number of hydrogen-bond acceptors (Lipinski definition) is 4. The van der Waals surface area contributed by atoms with Crippen LogP contribution in [-0.2, 0) is 34.2 Å². The maximum Gasteiger partial charge on any atom is 0.240 e. The second-order valence-electron chi connectivity index (χ2n) is 6.96. The van der Waals surface area contributed by atoms with Crippen LogP contribution in [0.5, 0.6) is 0 Å². The van der Waals surface area contributed by atoms with Crippen molar-refractivity contribution in [2.45, 2.75) is 37.6 Å². The molecule has 1 atom stereocenters. The highest BCUT2D eigenvalue weighted by molar-refractivity contribution is 7.89. The summed E-state index contributed by atoms with van der Waals surface area (Å²) in [4.78, 5) is 17.9. The van der Waals surface area contributed by atoms with E-state index in [1.54, 1.807) is 29.3 Å². The van der Waals surface area contributed by atoms with Gasteiger partial charge in [0, 0.05) is 51.1 Å². The maximum absolute atomic E-state index is 12.7. The molecule has 3 heterocycles. The molecule has 1 aromatic carbocycles. The van der Waals surface area contributed by atoms with Crippen molar-refractivity contribution >= 4 is 21.6 Å². The van der Waals surface area contributed by atoms with Crippen molar-refractivity contribution in [1.82, 2.24) is 14.3 Å². The minimum atomic E-state index is -3.56. The van der Waals surface area contributed by atoms with Gasteiger partial charge in [0.1, 0.15) is 5.82 Å². The smallest absolute Gasteiger partial charge is 0.240 e. The number of fused-ring (bicyclic) bond motifs is 2. The first-order chi connectivity index (χ1) is 12.4. The van der Waals surface area contributed by atoms with Crippen LogP contribution < -0.4 is 9.62 Å². The molecule has 1 N–H and O–H groups in total. The molecule has 0 bridgehead atoms. The third-order valence-corrected chi connectivity index (χ3v) is 6.65. The first-order valence-corrected chi connectivity index (χ1v) is 10.3. The number of anilines is 1. The summed E-state index contributed by atoms with van der Waals surface area (Å²) in [7, 11) is -3.56. The molecule has 8 heteroatoms. The monoisotopic (exact) mass is 374 g/mol. The summed E-state index contributed by atoms with van der Waals surface area (Å²) < 4.78 is 30.2. The first kappa shape index (κ1) is 17.2. The van der Waals surface area contributed by atoms with Crippen molar-refractivity contribution in [3.63, 3.8) is 0 Å². The van der Waals surface area contributed by atoms with Gasteiger partial charge in [-0.25, -0.2) is 18.1 Å². The molecule has 0 fully saturated rings. The summed E-state index contributed by atoms with van der Waals surface area (Å²) in [6, 6.07) is 5.00. The molecule has 7 nitrogen and oxygen atoms in total. The summed E-state index contributed by atoms with van der Waals surface area (Å²) in [5, 5.41) is 0. The zero-order valence-electron chi connectivity index (χ0n) is 14.7. The number of aryl methyl sites for hydroxylation is 1. The van der Waals surface area contributed by atoms with Gasteiger partial charge < -0.3 is 9.47 Å². The number of benzene rings is 1. The Morgan fingerprint density at radius 3 is 3.00 bits per heavy atom. The number of nitrogens with one attached hydrogen (secondary N) is 1. The zero-order chi connectivity index (χ0) is 18.3. The lowest BCUT2D eigenvalue weighted by Gasteiger charge is -2.24. The van der Waals surface area contributed by atoms with Crippen molar-refractivity contribution < 1.29 is 13.2 Å². The molecule has 0 radical (unpaired) electrons. The predicted molar refractivity (Wildman–Crippen MR) is 97.4 cm³/mol. The quantitative estimate of drug-likeness (QED) is 0.875. The number of sulfonamides is 1. The van der Waals surface area contributed by atoms with Gasteiger partial charge >= 0.3 is 0 Å². The Balaban J connectivity index is 1.45. The highest BCUT2D eigenvalue weighted by Gasteiger charge is 2.26.